The summed E-state index contributed by atoms with van der Waals surface area (Å²) in [6.45, 7) is 5.50. The SMILES string of the molecule is C#CCc1cc(OC(F)(F)F)ccc1NCc1ccc2nc(NC(=O)C(C)(C)C)[nH]c(=O)c2c1. The Morgan fingerprint density at radius 2 is 1.91 bits per heavy atom. The number of H-pyrrole nitrogens is 1. The lowest BCUT2D eigenvalue weighted by molar-refractivity contribution is -0.274. The van der Waals surface area contributed by atoms with Crippen LogP contribution in [-0.2, 0) is 17.8 Å². The molecule has 1 amide bonds. The molecular formula is C24H23F3N4O3. The molecule has 1 heterocycles. The molecule has 0 saturated heterocycles. The number of fused-ring (bicyclic) bond motifs is 1. The number of terminal acetylenes is 1. The minimum absolute atomic E-state index is 0.0587. The molecule has 3 rings (SSSR count). The van der Waals surface area contributed by atoms with E-state index in [9.17, 15) is 22.8 Å². The normalized spacial score (nSPS) is 11.7. The Morgan fingerprint density at radius 3 is 2.56 bits per heavy atom. The first-order chi connectivity index (χ1) is 15.9. The number of rotatable bonds is 6. The van der Waals surface area contributed by atoms with Gasteiger partial charge in [-0.15, -0.1) is 25.5 Å². The zero-order chi connectivity index (χ0) is 25.1. The van der Waals surface area contributed by atoms with Crippen LogP contribution in [0.4, 0.5) is 24.8 Å². The van der Waals surface area contributed by atoms with Crippen LogP contribution in [0.15, 0.2) is 41.2 Å². The van der Waals surface area contributed by atoms with E-state index in [4.69, 9.17) is 6.42 Å². The Morgan fingerprint density at radius 1 is 1.18 bits per heavy atom. The molecule has 0 radical (unpaired) electrons. The van der Waals surface area contributed by atoms with Crippen molar-refractivity contribution < 1.29 is 22.7 Å². The van der Waals surface area contributed by atoms with Gasteiger partial charge in [-0.05, 0) is 41.5 Å². The molecule has 0 atom stereocenters. The smallest absolute Gasteiger partial charge is 0.406 e. The summed E-state index contributed by atoms with van der Waals surface area (Å²) in [5.41, 5.74) is 1.06. The van der Waals surface area contributed by atoms with Gasteiger partial charge in [0.25, 0.3) is 5.56 Å². The number of aromatic amines is 1. The van der Waals surface area contributed by atoms with E-state index in [1.165, 1.54) is 18.2 Å². The number of aromatic nitrogens is 2. The summed E-state index contributed by atoms with van der Waals surface area (Å²) in [4.78, 5) is 31.6. The number of benzene rings is 2. The molecule has 0 saturated carbocycles. The number of nitrogens with zero attached hydrogens (tertiary/aromatic N) is 1. The third-order valence-electron chi connectivity index (χ3n) is 4.77. The van der Waals surface area contributed by atoms with Crippen molar-refractivity contribution in [1.82, 2.24) is 9.97 Å². The van der Waals surface area contributed by atoms with Crippen molar-refractivity contribution in [3.63, 3.8) is 0 Å². The van der Waals surface area contributed by atoms with Crippen LogP contribution in [-0.4, -0.2) is 22.2 Å². The van der Waals surface area contributed by atoms with Crippen molar-refractivity contribution in [3.8, 4) is 18.1 Å². The van der Waals surface area contributed by atoms with Gasteiger partial charge in [0.15, 0.2) is 0 Å². The van der Waals surface area contributed by atoms with Gasteiger partial charge >= 0.3 is 6.36 Å². The molecule has 3 aromatic rings. The quantitative estimate of drug-likeness (QED) is 0.456. The number of carbonyl (C=O) groups is 1. The van der Waals surface area contributed by atoms with Gasteiger partial charge in [0.2, 0.25) is 11.9 Å². The van der Waals surface area contributed by atoms with Crippen LogP contribution in [0.25, 0.3) is 10.9 Å². The Labute approximate surface area is 193 Å². The predicted molar refractivity (Wildman–Crippen MR) is 123 cm³/mol. The van der Waals surface area contributed by atoms with Gasteiger partial charge in [-0.1, -0.05) is 26.8 Å². The lowest BCUT2D eigenvalue weighted by atomic mass is 9.96. The largest absolute Gasteiger partial charge is 0.573 e. The average Bonchev–Trinajstić information content (AvgIpc) is 2.72. The molecule has 7 nitrogen and oxygen atoms in total. The summed E-state index contributed by atoms with van der Waals surface area (Å²) in [7, 11) is 0. The summed E-state index contributed by atoms with van der Waals surface area (Å²) in [6, 6.07) is 8.92. The molecule has 0 bridgehead atoms. The Hall–Kier alpha value is -4.00. The number of nitrogens with one attached hydrogen (secondary N) is 3. The maximum absolute atomic E-state index is 12.6. The fraction of sp³-hybridized carbons (Fsp3) is 0.292. The van der Waals surface area contributed by atoms with Gasteiger partial charge < -0.3 is 10.1 Å². The number of hydrogen-bond acceptors (Lipinski definition) is 5. The van der Waals surface area contributed by atoms with E-state index >= 15 is 0 Å². The fourth-order valence-electron chi connectivity index (χ4n) is 3.04. The lowest BCUT2D eigenvalue weighted by Gasteiger charge is -2.17. The van der Waals surface area contributed by atoms with E-state index < -0.39 is 17.3 Å². The van der Waals surface area contributed by atoms with E-state index in [-0.39, 0.29) is 30.6 Å². The third kappa shape index (κ3) is 6.28. The zero-order valence-corrected chi connectivity index (χ0v) is 18.8. The van der Waals surface area contributed by atoms with E-state index in [1.807, 2.05) is 0 Å². The summed E-state index contributed by atoms with van der Waals surface area (Å²) in [6.07, 6.45) is 0.644. The highest BCUT2D eigenvalue weighted by atomic mass is 19.4. The summed E-state index contributed by atoms with van der Waals surface area (Å²) in [5, 5.41) is 6.04. The first-order valence-electron chi connectivity index (χ1n) is 10.3. The Kier molecular flexibility index (Phi) is 6.86. The molecule has 10 heteroatoms. The van der Waals surface area contributed by atoms with Crippen LogP contribution >= 0.6 is 0 Å². The number of alkyl halides is 3. The highest BCUT2D eigenvalue weighted by Crippen LogP contribution is 2.28. The molecule has 0 aliphatic carbocycles. The molecule has 34 heavy (non-hydrogen) atoms. The van der Waals surface area contributed by atoms with Gasteiger partial charge in [0, 0.05) is 24.1 Å². The van der Waals surface area contributed by atoms with E-state index in [1.54, 1.807) is 39.0 Å². The number of hydrogen-bond donors (Lipinski definition) is 3. The monoisotopic (exact) mass is 472 g/mol. The standard InChI is InChI=1S/C24H23F3N4O3/c1-5-6-15-12-16(34-24(25,26)27)8-10-18(15)28-13-14-7-9-19-17(11-14)20(32)30-22(29-19)31-21(33)23(2,3)4/h1,7-12,28H,6,13H2,2-4H3,(H2,29,30,31,32,33). The first-order valence-corrected chi connectivity index (χ1v) is 10.3. The topological polar surface area (TPSA) is 96.1 Å². The van der Waals surface area contributed by atoms with Gasteiger partial charge in [-0.3, -0.25) is 19.9 Å². The predicted octanol–water partition coefficient (Wildman–Crippen LogP) is 4.59. The summed E-state index contributed by atoms with van der Waals surface area (Å²) < 4.78 is 41.4. The fourth-order valence-corrected chi connectivity index (χ4v) is 3.04. The van der Waals surface area contributed by atoms with Crippen molar-refractivity contribution in [2.45, 2.75) is 40.1 Å². The zero-order valence-electron chi connectivity index (χ0n) is 18.8. The van der Waals surface area contributed by atoms with E-state index in [2.05, 4.69) is 31.3 Å². The molecule has 0 fully saturated rings. The van der Waals surface area contributed by atoms with Crippen molar-refractivity contribution in [1.29, 1.82) is 0 Å². The first kappa shape index (κ1) is 24.6. The van der Waals surface area contributed by atoms with Crippen LogP contribution < -0.4 is 20.9 Å². The van der Waals surface area contributed by atoms with Crippen molar-refractivity contribution in [2.24, 2.45) is 5.41 Å². The van der Waals surface area contributed by atoms with Crippen LogP contribution in [0, 0.1) is 17.8 Å². The van der Waals surface area contributed by atoms with Gasteiger partial charge in [-0.2, -0.15) is 0 Å². The molecule has 3 N–H and O–H groups in total. The van der Waals surface area contributed by atoms with Gasteiger partial charge in [-0.25, -0.2) is 4.98 Å². The van der Waals surface area contributed by atoms with Crippen molar-refractivity contribution >= 4 is 28.4 Å². The van der Waals surface area contributed by atoms with Crippen LogP contribution in [0.1, 0.15) is 31.9 Å². The van der Waals surface area contributed by atoms with Crippen LogP contribution in [0.2, 0.25) is 0 Å². The molecule has 0 aliphatic rings. The minimum atomic E-state index is -4.80. The molecule has 0 aliphatic heterocycles. The number of amides is 1. The van der Waals surface area contributed by atoms with Crippen LogP contribution in [0.5, 0.6) is 5.75 Å². The molecule has 0 spiro atoms. The maximum Gasteiger partial charge on any atom is 0.573 e. The molecule has 0 unspecified atom stereocenters. The van der Waals surface area contributed by atoms with Crippen LogP contribution in [0.3, 0.4) is 0 Å². The second-order valence-electron chi connectivity index (χ2n) is 8.57. The van der Waals surface area contributed by atoms with Gasteiger partial charge in [0.1, 0.15) is 5.75 Å². The summed E-state index contributed by atoms with van der Waals surface area (Å²) >= 11 is 0. The number of carbonyl (C=O) groups excluding carboxylic acids is 1. The number of anilines is 2. The lowest BCUT2D eigenvalue weighted by Crippen LogP contribution is -2.29. The maximum atomic E-state index is 12.6. The number of ether oxygens (including phenoxy) is 1. The number of halogens is 3. The average molecular weight is 472 g/mol. The second kappa shape index (κ2) is 9.47. The highest BCUT2D eigenvalue weighted by molar-refractivity contribution is 5.93. The third-order valence-corrected chi connectivity index (χ3v) is 4.77. The van der Waals surface area contributed by atoms with E-state index in [0.29, 0.717) is 22.2 Å². The Balaban J connectivity index is 1.80. The molecule has 2 aromatic carbocycles. The Bertz CT molecular complexity index is 1320. The molecular weight excluding hydrogens is 449 g/mol. The van der Waals surface area contributed by atoms with E-state index in [0.717, 1.165) is 5.56 Å². The summed E-state index contributed by atoms with van der Waals surface area (Å²) in [5.74, 6) is 1.82. The molecule has 1 aromatic heterocycles. The minimum Gasteiger partial charge on any atom is -0.406 e. The van der Waals surface area contributed by atoms with Gasteiger partial charge in [0.05, 0.1) is 10.9 Å². The molecule has 178 valence electrons. The van der Waals surface area contributed by atoms with Crippen molar-refractivity contribution in [3.05, 3.63) is 57.9 Å². The highest BCUT2D eigenvalue weighted by Gasteiger charge is 2.31. The second-order valence-corrected chi connectivity index (χ2v) is 8.57. The van der Waals surface area contributed by atoms with Crippen molar-refractivity contribution in [2.75, 3.05) is 10.6 Å².